The normalized spacial score (nSPS) is 20.0. The fourth-order valence-corrected chi connectivity index (χ4v) is 1.79. The van der Waals surface area contributed by atoms with Gasteiger partial charge in [0.1, 0.15) is 11.6 Å². The van der Waals surface area contributed by atoms with Crippen LogP contribution in [-0.2, 0) is 4.74 Å². The van der Waals surface area contributed by atoms with E-state index in [1.54, 1.807) is 13.2 Å². The summed E-state index contributed by atoms with van der Waals surface area (Å²) in [7, 11) is 1.57. The number of methoxy groups -OCH3 is 1. The van der Waals surface area contributed by atoms with E-state index in [2.05, 4.69) is 10.6 Å². The molecule has 1 atom stereocenters. The van der Waals surface area contributed by atoms with Gasteiger partial charge in [0.25, 0.3) is 0 Å². The molecule has 1 aromatic carbocycles. The van der Waals surface area contributed by atoms with Gasteiger partial charge in [-0.3, -0.25) is 0 Å². The third-order valence-electron chi connectivity index (χ3n) is 2.69. The smallest absolute Gasteiger partial charge is 0.142 e. The molecule has 2 N–H and O–H groups in total. The molecular weight excluding hydrogens is 223 g/mol. The number of hydrogen-bond acceptors (Lipinski definition) is 4. The van der Waals surface area contributed by atoms with Crippen LogP contribution in [0, 0.1) is 5.82 Å². The van der Waals surface area contributed by atoms with E-state index in [-0.39, 0.29) is 11.9 Å². The van der Waals surface area contributed by atoms with Crippen LogP contribution in [0.1, 0.15) is 0 Å². The average Bonchev–Trinajstić information content (AvgIpc) is 2.38. The highest BCUT2D eigenvalue weighted by atomic mass is 19.1. The lowest BCUT2D eigenvalue weighted by molar-refractivity contribution is 0.0372. The van der Waals surface area contributed by atoms with Gasteiger partial charge in [-0.15, -0.1) is 0 Å². The fourth-order valence-electron chi connectivity index (χ4n) is 1.79. The summed E-state index contributed by atoms with van der Waals surface area (Å²) in [4.78, 5) is 0. The van der Waals surface area contributed by atoms with Crippen molar-refractivity contribution >= 4 is 5.69 Å². The lowest BCUT2D eigenvalue weighted by Crippen LogP contribution is -2.42. The standard InChI is InChI=1S/C12H17FN2O2/c1-16-12-3-2-9(13)6-11(12)15-8-10-7-14-4-5-17-10/h2-3,6,10,14-15H,4-5,7-8H2,1H3. The number of halogens is 1. The van der Waals surface area contributed by atoms with Crippen molar-refractivity contribution in [2.75, 3.05) is 38.7 Å². The molecule has 4 nitrogen and oxygen atoms in total. The van der Waals surface area contributed by atoms with Gasteiger partial charge in [-0.1, -0.05) is 0 Å². The Balaban J connectivity index is 1.95. The van der Waals surface area contributed by atoms with Crippen molar-refractivity contribution in [2.24, 2.45) is 0 Å². The summed E-state index contributed by atoms with van der Waals surface area (Å²) in [5.74, 6) is 0.353. The van der Waals surface area contributed by atoms with E-state index in [1.165, 1.54) is 12.1 Å². The molecule has 94 valence electrons. The van der Waals surface area contributed by atoms with Gasteiger partial charge in [0, 0.05) is 25.7 Å². The maximum atomic E-state index is 13.1. The number of hydrogen-bond donors (Lipinski definition) is 2. The van der Waals surface area contributed by atoms with Gasteiger partial charge in [0.05, 0.1) is 25.5 Å². The molecule has 1 aliphatic rings. The molecule has 0 aromatic heterocycles. The molecule has 1 unspecified atom stereocenters. The van der Waals surface area contributed by atoms with Crippen LogP contribution in [0.25, 0.3) is 0 Å². The van der Waals surface area contributed by atoms with Gasteiger partial charge < -0.3 is 20.1 Å². The van der Waals surface area contributed by atoms with Crippen LogP contribution in [-0.4, -0.2) is 39.5 Å². The van der Waals surface area contributed by atoms with Gasteiger partial charge in [-0.2, -0.15) is 0 Å². The summed E-state index contributed by atoms with van der Waals surface area (Å²) in [6, 6.07) is 4.41. The highest BCUT2D eigenvalue weighted by Crippen LogP contribution is 2.24. The van der Waals surface area contributed by atoms with Crippen molar-refractivity contribution in [1.29, 1.82) is 0 Å². The van der Waals surface area contributed by atoms with Gasteiger partial charge >= 0.3 is 0 Å². The Morgan fingerprint density at radius 2 is 2.47 bits per heavy atom. The molecule has 0 amide bonds. The predicted molar refractivity (Wildman–Crippen MR) is 64.1 cm³/mol. The molecule has 0 radical (unpaired) electrons. The summed E-state index contributed by atoms with van der Waals surface area (Å²) in [6.07, 6.45) is 0.108. The SMILES string of the molecule is COc1ccc(F)cc1NCC1CNCCO1. The van der Waals surface area contributed by atoms with Crippen molar-refractivity contribution in [2.45, 2.75) is 6.10 Å². The zero-order chi connectivity index (χ0) is 12.1. The first kappa shape index (κ1) is 12.1. The molecule has 1 saturated heterocycles. The van der Waals surface area contributed by atoms with E-state index in [4.69, 9.17) is 9.47 Å². The first-order valence-corrected chi connectivity index (χ1v) is 5.69. The maximum absolute atomic E-state index is 13.1. The molecule has 0 aliphatic carbocycles. The van der Waals surface area contributed by atoms with Crippen LogP contribution >= 0.6 is 0 Å². The largest absolute Gasteiger partial charge is 0.495 e. The second kappa shape index (κ2) is 5.84. The topological polar surface area (TPSA) is 42.5 Å². The number of anilines is 1. The van der Waals surface area contributed by atoms with Crippen LogP contribution in [0.15, 0.2) is 18.2 Å². The van der Waals surface area contributed by atoms with Crippen molar-refractivity contribution in [3.05, 3.63) is 24.0 Å². The third-order valence-corrected chi connectivity index (χ3v) is 2.69. The molecule has 17 heavy (non-hydrogen) atoms. The highest BCUT2D eigenvalue weighted by Gasteiger charge is 2.13. The Morgan fingerprint density at radius 3 is 3.18 bits per heavy atom. The predicted octanol–water partition coefficient (Wildman–Crippen LogP) is 1.23. The van der Waals surface area contributed by atoms with Crippen LogP contribution in [0.3, 0.4) is 0 Å². The Labute approximate surface area is 100 Å². The van der Waals surface area contributed by atoms with Crippen LogP contribution in [0.5, 0.6) is 5.75 Å². The lowest BCUT2D eigenvalue weighted by Gasteiger charge is -2.24. The summed E-state index contributed by atoms with van der Waals surface area (Å²) >= 11 is 0. The minimum Gasteiger partial charge on any atom is -0.495 e. The fraction of sp³-hybridized carbons (Fsp3) is 0.500. The molecule has 1 heterocycles. The monoisotopic (exact) mass is 240 g/mol. The van der Waals surface area contributed by atoms with Crippen molar-refractivity contribution in [3.8, 4) is 5.75 Å². The Hall–Kier alpha value is -1.33. The number of benzene rings is 1. The van der Waals surface area contributed by atoms with Crippen LogP contribution in [0.4, 0.5) is 10.1 Å². The zero-order valence-electron chi connectivity index (χ0n) is 9.83. The Kier molecular flexibility index (Phi) is 4.17. The Morgan fingerprint density at radius 1 is 1.59 bits per heavy atom. The first-order chi connectivity index (χ1) is 8.29. The van der Waals surface area contributed by atoms with Gasteiger partial charge in [0.15, 0.2) is 0 Å². The van der Waals surface area contributed by atoms with Crippen molar-refractivity contribution in [1.82, 2.24) is 5.32 Å². The first-order valence-electron chi connectivity index (χ1n) is 5.69. The summed E-state index contributed by atoms with van der Waals surface area (Å²) < 4.78 is 23.8. The molecule has 1 aliphatic heterocycles. The second-order valence-corrected chi connectivity index (χ2v) is 3.92. The molecule has 1 aromatic rings. The third kappa shape index (κ3) is 3.31. The van der Waals surface area contributed by atoms with E-state index in [9.17, 15) is 4.39 Å². The van der Waals surface area contributed by atoms with Gasteiger partial charge in [0.2, 0.25) is 0 Å². The van der Waals surface area contributed by atoms with Gasteiger partial charge in [-0.25, -0.2) is 4.39 Å². The molecule has 0 saturated carbocycles. The molecule has 1 fully saturated rings. The zero-order valence-corrected chi connectivity index (χ0v) is 9.83. The molecule has 2 rings (SSSR count). The molecule has 5 heteroatoms. The van der Waals surface area contributed by atoms with Crippen molar-refractivity contribution < 1.29 is 13.9 Å². The van der Waals surface area contributed by atoms with E-state index in [0.717, 1.165) is 13.1 Å². The maximum Gasteiger partial charge on any atom is 0.142 e. The Bertz CT molecular complexity index is 368. The summed E-state index contributed by atoms with van der Waals surface area (Å²) in [5, 5.41) is 6.39. The second-order valence-electron chi connectivity index (χ2n) is 3.92. The highest BCUT2D eigenvalue weighted by molar-refractivity contribution is 5.56. The lowest BCUT2D eigenvalue weighted by atomic mass is 10.2. The number of nitrogens with one attached hydrogen (secondary N) is 2. The minimum absolute atomic E-state index is 0.108. The molecular formula is C12H17FN2O2. The van der Waals surface area contributed by atoms with E-state index in [1.807, 2.05) is 0 Å². The van der Waals surface area contributed by atoms with Crippen LogP contribution < -0.4 is 15.4 Å². The van der Waals surface area contributed by atoms with Crippen LogP contribution in [0.2, 0.25) is 0 Å². The summed E-state index contributed by atoms with van der Waals surface area (Å²) in [6.45, 7) is 3.05. The van der Waals surface area contributed by atoms with Gasteiger partial charge in [-0.05, 0) is 12.1 Å². The number of morpholine rings is 1. The van der Waals surface area contributed by atoms with E-state index < -0.39 is 0 Å². The molecule has 0 spiro atoms. The number of ether oxygens (including phenoxy) is 2. The minimum atomic E-state index is -0.281. The van der Waals surface area contributed by atoms with Crippen molar-refractivity contribution in [3.63, 3.8) is 0 Å². The summed E-state index contributed by atoms with van der Waals surface area (Å²) in [5.41, 5.74) is 0.654. The average molecular weight is 240 g/mol. The quantitative estimate of drug-likeness (QED) is 0.831. The molecule has 0 bridgehead atoms. The van der Waals surface area contributed by atoms with E-state index >= 15 is 0 Å². The van der Waals surface area contributed by atoms with E-state index in [0.29, 0.717) is 24.6 Å². The number of rotatable bonds is 4.